The van der Waals surface area contributed by atoms with Gasteiger partial charge in [0.1, 0.15) is 11.5 Å². The van der Waals surface area contributed by atoms with E-state index in [4.69, 9.17) is 23.2 Å². The van der Waals surface area contributed by atoms with Crippen molar-refractivity contribution in [2.24, 2.45) is 0 Å². The zero-order chi connectivity index (χ0) is 32.6. The number of aromatic nitrogens is 1. The molecule has 0 aliphatic rings. The number of carbonyl (C=O) groups is 3. The van der Waals surface area contributed by atoms with Crippen molar-refractivity contribution in [3.63, 3.8) is 0 Å². The molecule has 0 saturated carbocycles. The Bertz CT molecular complexity index is 1920. The first-order valence-electron chi connectivity index (χ1n) is 13.8. The van der Waals surface area contributed by atoms with Crippen LogP contribution in [-0.2, 0) is 9.59 Å². The molecular formula is C34H25Cl2FN4O3S2. The van der Waals surface area contributed by atoms with Gasteiger partial charge >= 0.3 is 0 Å². The molecule has 0 aliphatic carbocycles. The van der Waals surface area contributed by atoms with E-state index in [9.17, 15) is 18.8 Å². The lowest BCUT2D eigenvalue weighted by Gasteiger charge is -2.13. The molecule has 1 aromatic heterocycles. The summed E-state index contributed by atoms with van der Waals surface area (Å²) in [6.45, 7) is 1.78. The summed E-state index contributed by atoms with van der Waals surface area (Å²) in [6, 6.07) is 26.4. The van der Waals surface area contributed by atoms with E-state index in [1.54, 1.807) is 85.8 Å². The molecule has 7 nitrogen and oxygen atoms in total. The third-order valence-electron chi connectivity index (χ3n) is 6.48. The molecule has 5 aromatic rings. The lowest BCUT2D eigenvalue weighted by atomic mass is 10.1. The second kappa shape index (κ2) is 15.2. The first-order chi connectivity index (χ1) is 22.2. The van der Waals surface area contributed by atoms with Crippen molar-refractivity contribution < 1.29 is 18.8 Å². The molecular weight excluding hydrogens is 666 g/mol. The number of halogens is 3. The Kier molecular flexibility index (Phi) is 10.9. The minimum absolute atomic E-state index is 0.132. The fourth-order valence-electron chi connectivity index (χ4n) is 4.09. The number of amides is 3. The van der Waals surface area contributed by atoms with E-state index in [-0.39, 0.29) is 17.2 Å². The van der Waals surface area contributed by atoms with Gasteiger partial charge < -0.3 is 16.0 Å². The molecule has 0 bridgehead atoms. The fraction of sp³-hybridized carbons (Fsp3) is 0.0588. The Morgan fingerprint density at radius 1 is 0.891 bits per heavy atom. The summed E-state index contributed by atoms with van der Waals surface area (Å²) in [7, 11) is 0. The molecule has 1 heterocycles. The van der Waals surface area contributed by atoms with Crippen LogP contribution in [0.3, 0.4) is 0 Å². The summed E-state index contributed by atoms with van der Waals surface area (Å²) in [5.74, 6) is -1.91. The molecule has 3 amide bonds. The quantitative estimate of drug-likeness (QED) is 0.100. The second-order valence-electron chi connectivity index (χ2n) is 9.79. The first kappa shape index (κ1) is 32.9. The van der Waals surface area contributed by atoms with Gasteiger partial charge in [-0.1, -0.05) is 65.7 Å². The molecule has 0 radical (unpaired) electrons. The molecule has 0 saturated heterocycles. The van der Waals surface area contributed by atoms with Crippen LogP contribution in [0.25, 0.3) is 17.3 Å². The van der Waals surface area contributed by atoms with Crippen LogP contribution in [0.2, 0.25) is 10.0 Å². The van der Waals surface area contributed by atoms with Gasteiger partial charge in [-0.05, 0) is 67.6 Å². The maximum Gasteiger partial charge on any atom is 0.272 e. The molecule has 1 unspecified atom stereocenters. The van der Waals surface area contributed by atoms with Crippen LogP contribution in [0, 0.1) is 5.82 Å². The highest BCUT2D eigenvalue weighted by atomic mass is 35.5. The molecule has 12 heteroatoms. The number of thioether (sulfide) groups is 1. The highest BCUT2D eigenvalue weighted by molar-refractivity contribution is 8.00. The van der Waals surface area contributed by atoms with Gasteiger partial charge in [-0.3, -0.25) is 14.4 Å². The minimum atomic E-state index is -0.635. The van der Waals surface area contributed by atoms with E-state index in [0.717, 1.165) is 10.5 Å². The third kappa shape index (κ3) is 8.61. The summed E-state index contributed by atoms with van der Waals surface area (Å²) in [5, 5.41) is 10.9. The summed E-state index contributed by atoms with van der Waals surface area (Å²) < 4.78 is 14.4. The smallest absolute Gasteiger partial charge is 0.272 e. The van der Waals surface area contributed by atoms with Crippen LogP contribution in [0.5, 0.6) is 0 Å². The average Bonchev–Trinajstić information content (AvgIpc) is 3.52. The number of hydrogen-bond donors (Lipinski definition) is 3. The van der Waals surface area contributed by atoms with Crippen LogP contribution in [0.15, 0.2) is 113 Å². The van der Waals surface area contributed by atoms with E-state index < -0.39 is 22.9 Å². The van der Waals surface area contributed by atoms with E-state index in [1.165, 1.54) is 47.4 Å². The van der Waals surface area contributed by atoms with Crippen LogP contribution in [0.1, 0.15) is 22.8 Å². The number of thiazole rings is 1. The van der Waals surface area contributed by atoms with Gasteiger partial charge in [0.15, 0.2) is 5.13 Å². The van der Waals surface area contributed by atoms with Gasteiger partial charge in [0.25, 0.3) is 11.8 Å². The van der Waals surface area contributed by atoms with Crippen LogP contribution in [0.4, 0.5) is 15.2 Å². The maximum atomic E-state index is 14.4. The van der Waals surface area contributed by atoms with Gasteiger partial charge in [0.2, 0.25) is 5.91 Å². The standard InChI is InChI=1S/C34H25Cl2FN4O3S2/c1-20(31(42)41-34-40-30(19-45-34)23-11-16-26(35)27(36)17-23)46-25-14-12-24(13-15-25)38-33(44)29(18-22-9-5-6-10-28(22)37)39-32(43)21-7-3-2-4-8-21/h2-20H,1H3,(H,38,44)(H,39,43)(H,40,41,42)/b29-18-. The summed E-state index contributed by atoms with van der Waals surface area (Å²) in [5.41, 5.74) is 2.25. The lowest BCUT2D eigenvalue weighted by molar-refractivity contribution is -0.115. The molecule has 0 aliphatic heterocycles. The van der Waals surface area contributed by atoms with Crippen molar-refractivity contribution in [3.05, 3.63) is 135 Å². The van der Waals surface area contributed by atoms with Crippen LogP contribution >= 0.6 is 46.3 Å². The van der Waals surface area contributed by atoms with E-state index in [1.807, 2.05) is 5.38 Å². The molecule has 46 heavy (non-hydrogen) atoms. The Balaban J connectivity index is 1.21. The summed E-state index contributed by atoms with van der Waals surface area (Å²) in [6.07, 6.45) is 1.28. The SMILES string of the molecule is CC(Sc1ccc(NC(=O)/C(=C/c2ccccc2F)NC(=O)c2ccccc2)cc1)C(=O)Nc1nc(-c2ccc(Cl)c(Cl)c2)cs1. The number of carbonyl (C=O) groups excluding carboxylic acids is 3. The van der Waals surface area contributed by atoms with Crippen molar-refractivity contribution in [3.8, 4) is 11.3 Å². The number of nitrogens with zero attached hydrogens (tertiary/aromatic N) is 1. The number of hydrogen-bond acceptors (Lipinski definition) is 6. The van der Waals surface area contributed by atoms with Crippen LogP contribution < -0.4 is 16.0 Å². The number of anilines is 2. The Hall–Kier alpha value is -4.48. The van der Waals surface area contributed by atoms with E-state index in [0.29, 0.717) is 32.1 Å². The maximum absolute atomic E-state index is 14.4. The van der Waals surface area contributed by atoms with E-state index >= 15 is 0 Å². The van der Waals surface area contributed by atoms with Crippen molar-refractivity contribution in [1.82, 2.24) is 10.3 Å². The zero-order valence-electron chi connectivity index (χ0n) is 24.1. The monoisotopic (exact) mass is 690 g/mol. The van der Waals surface area contributed by atoms with Gasteiger partial charge in [-0.2, -0.15) is 0 Å². The molecule has 0 fully saturated rings. The normalized spacial score (nSPS) is 11.9. The third-order valence-corrected chi connectivity index (χ3v) is 9.09. The molecule has 0 spiro atoms. The first-order valence-corrected chi connectivity index (χ1v) is 16.3. The predicted octanol–water partition coefficient (Wildman–Crippen LogP) is 8.78. The van der Waals surface area contributed by atoms with Crippen molar-refractivity contribution >= 4 is 80.9 Å². The van der Waals surface area contributed by atoms with Crippen LogP contribution in [-0.4, -0.2) is 28.0 Å². The number of nitrogens with one attached hydrogen (secondary N) is 3. The molecule has 3 N–H and O–H groups in total. The number of benzene rings is 4. The summed E-state index contributed by atoms with van der Waals surface area (Å²) >= 11 is 14.7. The fourth-order valence-corrected chi connectivity index (χ4v) is 5.98. The van der Waals surface area contributed by atoms with Gasteiger partial charge in [-0.25, -0.2) is 9.37 Å². The molecule has 4 aromatic carbocycles. The van der Waals surface area contributed by atoms with E-state index in [2.05, 4.69) is 20.9 Å². The molecule has 1 atom stereocenters. The summed E-state index contributed by atoms with van der Waals surface area (Å²) in [4.78, 5) is 44.2. The van der Waals surface area contributed by atoms with Gasteiger partial charge in [-0.15, -0.1) is 23.1 Å². The van der Waals surface area contributed by atoms with Crippen molar-refractivity contribution in [2.75, 3.05) is 10.6 Å². The Labute approximate surface area is 282 Å². The predicted molar refractivity (Wildman–Crippen MR) is 185 cm³/mol. The highest BCUT2D eigenvalue weighted by Gasteiger charge is 2.18. The minimum Gasteiger partial charge on any atom is -0.321 e. The lowest BCUT2D eigenvalue weighted by Crippen LogP contribution is -2.30. The average molecular weight is 692 g/mol. The Morgan fingerprint density at radius 3 is 2.33 bits per heavy atom. The van der Waals surface area contributed by atoms with Gasteiger partial charge in [0.05, 0.1) is 21.0 Å². The largest absolute Gasteiger partial charge is 0.321 e. The second-order valence-corrected chi connectivity index (χ2v) is 12.9. The highest BCUT2D eigenvalue weighted by Crippen LogP contribution is 2.31. The molecule has 5 rings (SSSR count). The zero-order valence-corrected chi connectivity index (χ0v) is 27.2. The van der Waals surface area contributed by atoms with Crippen molar-refractivity contribution in [2.45, 2.75) is 17.1 Å². The molecule has 232 valence electrons. The van der Waals surface area contributed by atoms with Crippen molar-refractivity contribution in [1.29, 1.82) is 0 Å². The van der Waals surface area contributed by atoms with Gasteiger partial charge in [0, 0.05) is 32.7 Å². The topological polar surface area (TPSA) is 100 Å². The number of rotatable bonds is 10. The Morgan fingerprint density at radius 2 is 1.61 bits per heavy atom.